The van der Waals surface area contributed by atoms with Gasteiger partial charge in [-0.3, -0.25) is 0 Å². The third-order valence-corrected chi connectivity index (χ3v) is 2.56. The van der Waals surface area contributed by atoms with Crippen LogP contribution in [0.3, 0.4) is 0 Å². The molecule has 1 aliphatic carbocycles. The molecule has 0 unspecified atom stereocenters. The van der Waals surface area contributed by atoms with E-state index in [1.807, 2.05) is 0 Å². The molecular weight excluding hydrogens is 197 g/mol. The Hall–Kier alpha value is -1.29. The second-order valence-corrected chi connectivity index (χ2v) is 3.92. The zero-order chi connectivity index (χ0) is 10.9. The Balaban J connectivity index is 2.07. The van der Waals surface area contributed by atoms with Crippen molar-refractivity contribution in [1.82, 2.24) is 0 Å². The number of halogens is 1. The molecule has 2 N–H and O–H groups in total. The van der Waals surface area contributed by atoms with Gasteiger partial charge < -0.3 is 15.2 Å². The van der Waals surface area contributed by atoms with Crippen molar-refractivity contribution in [2.24, 2.45) is 5.73 Å². The van der Waals surface area contributed by atoms with Gasteiger partial charge in [0, 0.05) is 0 Å². The molecule has 1 saturated carbocycles. The van der Waals surface area contributed by atoms with E-state index in [1.165, 1.54) is 7.11 Å². The van der Waals surface area contributed by atoms with Crippen LogP contribution in [0.4, 0.5) is 4.39 Å². The lowest BCUT2D eigenvalue weighted by atomic mass is 10.3. The zero-order valence-corrected chi connectivity index (χ0v) is 8.63. The van der Waals surface area contributed by atoms with Crippen LogP contribution in [-0.4, -0.2) is 19.3 Å². The van der Waals surface area contributed by atoms with Crippen molar-refractivity contribution in [3.63, 3.8) is 0 Å². The molecule has 1 fully saturated rings. The van der Waals surface area contributed by atoms with Gasteiger partial charge in [0.2, 0.25) is 5.82 Å². The van der Waals surface area contributed by atoms with Crippen LogP contribution < -0.4 is 15.2 Å². The zero-order valence-electron chi connectivity index (χ0n) is 8.63. The summed E-state index contributed by atoms with van der Waals surface area (Å²) < 4.78 is 23.8. The molecule has 0 spiro atoms. The van der Waals surface area contributed by atoms with Crippen molar-refractivity contribution in [3.8, 4) is 11.5 Å². The van der Waals surface area contributed by atoms with E-state index < -0.39 is 5.82 Å². The fraction of sp³-hybridized carbons (Fsp3) is 0.455. The minimum Gasteiger partial charge on any atom is -0.494 e. The molecule has 1 aromatic rings. The van der Waals surface area contributed by atoms with Crippen LogP contribution in [-0.2, 0) is 0 Å². The molecule has 3 nitrogen and oxygen atoms in total. The predicted molar refractivity (Wildman–Crippen MR) is 54.6 cm³/mol. The Kier molecular flexibility index (Phi) is 2.52. The number of hydrogen-bond acceptors (Lipinski definition) is 3. The molecule has 82 valence electrons. The van der Waals surface area contributed by atoms with Gasteiger partial charge in [-0.15, -0.1) is 0 Å². The number of hydrogen-bond donors (Lipinski definition) is 1. The first-order valence-corrected chi connectivity index (χ1v) is 4.89. The van der Waals surface area contributed by atoms with Gasteiger partial charge in [0.1, 0.15) is 6.61 Å². The fourth-order valence-corrected chi connectivity index (χ4v) is 1.29. The third kappa shape index (κ3) is 2.21. The maximum atomic E-state index is 13.6. The first-order valence-electron chi connectivity index (χ1n) is 4.89. The van der Waals surface area contributed by atoms with Crippen LogP contribution in [0.15, 0.2) is 18.2 Å². The van der Waals surface area contributed by atoms with Crippen molar-refractivity contribution in [2.75, 3.05) is 13.7 Å². The average molecular weight is 211 g/mol. The molecule has 0 saturated heterocycles. The summed E-state index contributed by atoms with van der Waals surface area (Å²) in [6.45, 7) is 0.358. The summed E-state index contributed by atoms with van der Waals surface area (Å²) in [6.07, 6.45) is 1.89. The van der Waals surface area contributed by atoms with Gasteiger partial charge in [-0.1, -0.05) is 6.07 Å². The van der Waals surface area contributed by atoms with Crippen LogP contribution in [0, 0.1) is 5.82 Å². The summed E-state index contributed by atoms with van der Waals surface area (Å²) in [4.78, 5) is 0. The topological polar surface area (TPSA) is 44.5 Å². The summed E-state index contributed by atoms with van der Waals surface area (Å²) in [5, 5.41) is 0. The van der Waals surface area contributed by atoms with Gasteiger partial charge in [0.05, 0.1) is 12.6 Å². The Morgan fingerprint density at radius 3 is 2.67 bits per heavy atom. The number of ether oxygens (including phenoxy) is 2. The van der Waals surface area contributed by atoms with Gasteiger partial charge in [-0.25, -0.2) is 0 Å². The molecule has 0 aliphatic heterocycles. The predicted octanol–water partition coefficient (Wildman–Crippen LogP) is 1.70. The summed E-state index contributed by atoms with van der Waals surface area (Å²) in [7, 11) is 1.42. The quantitative estimate of drug-likeness (QED) is 0.824. The standard InChI is InChI=1S/C11H14FNO2/c1-14-8-3-2-4-9(10(8)12)15-7-11(13)5-6-11/h2-4H,5-7,13H2,1H3. The molecule has 2 rings (SSSR count). The number of nitrogens with two attached hydrogens (primary N) is 1. The summed E-state index contributed by atoms with van der Waals surface area (Å²) in [6, 6.07) is 4.81. The number of rotatable bonds is 4. The van der Waals surface area contributed by atoms with Gasteiger partial charge in [-0.2, -0.15) is 4.39 Å². The highest BCUT2D eigenvalue weighted by atomic mass is 19.1. The van der Waals surface area contributed by atoms with Gasteiger partial charge >= 0.3 is 0 Å². The van der Waals surface area contributed by atoms with Crippen molar-refractivity contribution in [3.05, 3.63) is 24.0 Å². The molecule has 15 heavy (non-hydrogen) atoms. The Labute approximate surface area is 88.0 Å². The van der Waals surface area contributed by atoms with E-state index in [2.05, 4.69) is 0 Å². The lowest BCUT2D eigenvalue weighted by molar-refractivity contribution is 0.262. The highest BCUT2D eigenvalue weighted by Crippen LogP contribution is 2.34. The molecule has 0 radical (unpaired) electrons. The van der Waals surface area contributed by atoms with Gasteiger partial charge in [-0.05, 0) is 25.0 Å². The largest absolute Gasteiger partial charge is 0.494 e. The van der Waals surface area contributed by atoms with Crippen molar-refractivity contribution in [2.45, 2.75) is 18.4 Å². The molecule has 1 aliphatic rings. The molecule has 0 bridgehead atoms. The monoisotopic (exact) mass is 211 g/mol. The molecule has 1 aromatic carbocycles. The molecule has 0 amide bonds. The summed E-state index contributed by atoms with van der Waals surface area (Å²) in [5.74, 6) is -0.0790. The number of benzene rings is 1. The Morgan fingerprint density at radius 2 is 2.07 bits per heavy atom. The van der Waals surface area contributed by atoms with E-state index in [0.29, 0.717) is 6.61 Å². The minimum absolute atomic E-state index is 0.189. The highest BCUT2D eigenvalue weighted by Gasteiger charge is 2.39. The maximum absolute atomic E-state index is 13.6. The normalized spacial score (nSPS) is 17.3. The van der Waals surface area contributed by atoms with Crippen LogP contribution in [0.25, 0.3) is 0 Å². The Bertz CT molecular complexity index is 364. The van der Waals surface area contributed by atoms with Crippen LogP contribution in [0.2, 0.25) is 0 Å². The average Bonchev–Trinajstić information content (AvgIpc) is 2.96. The lowest BCUT2D eigenvalue weighted by Gasteiger charge is -2.12. The molecular formula is C11H14FNO2. The molecule has 4 heteroatoms. The van der Waals surface area contributed by atoms with E-state index in [0.717, 1.165) is 12.8 Å². The Morgan fingerprint density at radius 1 is 1.40 bits per heavy atom. The van der Waals surface area contributed by atoms with E-state index in [4.69, 9.17) is 15.2 Å². The van der Waals surface area contributed by atoms with Crippen molar-refractivity contribution in [1.29, 1.82) is 0 Å². The third-order valence-electron chi connectivity index (χ3n) is 2.56. The van der Waals surface area contributed by atoms with E-state index >= 15 is 0 Å². The van der Waals surface area contributed by atoms with Crippen LogP contribution >= 0.6 is 0 Å². The second-order valence-electron chi connectivity index (χ2n) is 3.92. The second kappa shape index (κ2) is 3.70. The smallest absolute Gasteiger partial charge is 0.206 e. The minimum atomic E-state index is -0.468. The lowest BCUT2D eigenvalue weighted by Crippen LogP contribution is -2.29. The summed E-state index contributed by atoms with van der Waals surface area (Å²) >= 11 is 0. The van der Waals surface area contributed by atoms with E-state index in [-0.39, 0.29) is 17.0 Å². The molecule has 0 heterocycles. The van der Waals surface area contributed by atoms with Crippen molar-refractivity contribution >= 4 is 0 Å². The maximum Gasteiger partial charge on any atom is 0.206 e. The molecule has 0 atom stereocenters. The van der Waals surface area contributed by atoms with E-state index in [1.54, 1.807) is 18.2 Å². The van der Waals surface area contributed by atoms with Gasteiger partial charge in [0.25, 0.3) is 0 Å². The van der Waals surface area contributed by atoms with Crippen molar-refractivity contribution < 1.29 is 13.9 Å². The SMILES string of the molecule is COc1cccc(OCC2(N)CC2)c1F. The highest BCUT2D eigenvalue weighted by molar-refractivity contribution is 5.35. The summed E-state index contributed by atoms with van der Waals surface area (Å²) in [5.41, 5.74) is 5.60. The first kappa shape index (κ1) is 10.2. The van der Waals surface area contributed by atoms with Crippen LogP contribution in [0.5, 0.6) is 11.5 Å². The van der Waals surface area contributed by atoms with E-state index in [9.17, 15) is 4.39 Å². The van der Waals surface area contributed by atoms with Crippen LogP contribution in [0.1, 0.15) is 12.8 Å². The van der Waals surface area contributed by atoms with Gasteiger partial charge in [0.15, 0.2) is 11.5 Å². The fourth-order valence-electron chi connectivity index (χ4n) is 1.29. The number of methoxy groups -OCH3 is 1. The first-order chi connectivity index (χ1) is 7.14. The molecule has 0 aromatic heterocycles.